The van der Waals surface area contributed by atoms with Crippen LogP contribution in [-0.4, -0.2) is 45.4 Å². The average molecular weight is 464 g/mol. The zero-order valence-corrected chi connectivity index (χ0v) is 20.0. The summed E-state index contributed by atoms with van der Waals surface area (Å²) in [5.41, 5.74) is 5.40. The largest absolute Gasteiger partial charge is 0.368 e. The molecule has 0 unspecified atom stereocenters. The molecule has 3 aromatic rings. The Bertz CT molecular complexity index is 1270. The van der Waals surface area contributed by atoms with Crippen molar-refractivity contribution >= 4 is 27.3 Å². The maximum atomic E-state index is 13.2. The third-order valence-corrected chi connectivity index (χ3v) is 7.65. The predicted molar refractivity (Wildman–Crippen MR) is 132 cm³/mol. The molecule has 4 rings (SSSR count). The molecule has 1 aliphatic heterocycles. The van der Waals surface area contributed by atoms with E-state index in [1.165, 1.54) is 16.8 Å². The number of nitrogens with one attached hydrogen (secondary N) is 1. The van der Waals surface area contributed by atoms with Gasteiger partial charge in [0.15, 0.2) is 0 Å². The zero-order valence-electron chi connectivity index (χ0n) is 19.2. The van der Waals surface area contributed by atoms with Crippen molar-refractivity contribution in [2.75, 3.05) is 35.8 Å². The van der Waals surface area contributed by atoms with Crippen molar-refractivity contribution in [3.8, 4) is 0 Å². The number of rotatable bonds is 5. The molecule has 0 bridgehead atoms. The molecule has 0 aliphatic carbocycles. The van der Waals surface area contributed by atoms with E-state index in [0.29, 0.717) is 24.3 Å². The highest BCUT2D eigenvalue weighted by molar-refractivity contribution is 7.92. The number of carbonyl (C=O) groups excluding carboxylic acids is 1. The minimum atomic E-state index is -3.73. The number of carbonyl (C=O) groups is 1. The summed E-state index contributed by atoms with van der Waals surface area (Å²) in [6.45, 7) is 8.81. The number of aryl methyl sites for hydroxylation is 2. The topological polar surface area (TPSA) is 69.7 Å². The molecule has 7 heteroatoms. The third-order valence-electron chi connectivity index (χ3n) is 6.27. The van der Waals surface area contributed by atoms with Crippen molar-refractivity contribution in [3.63, 3.8) is 0 Å². The lowest BCUT2D eigenvalue weighted by molar-refractivity contribution is 0.0747. The monoisotopic (exact) mass is 463 g/mol. The summed E-state index contributed by atoms with van der Waals surface area (Å²) >= 11 is 0. The van der Waals surface area contributed by atoms with E-state index in [2.05, 4.69) is 41.7 Å². The number of anilines is 2. The molecule has 1 aliphatic rings. The molecule has 1 N–H and O–H groups in total. The van der Waals surface area contributed by atoms with E-state index in [1.54, 1.807) is 48.5 Å². The lowest BCUT2D eigenvalue weighted by Crippen LogP contribution is -2.49. The Morgan fingerprint density at radius 2 is 1.52 bits per heavy atom. The van der Waals surface area contributed by atoms with Crippen molar-refractivity contribution in [1.29, 1.82) is 0 Å². The van der Waals surface area contributed by atoms with Gasteiger partial charge in [-0.2, -0.15) is 0 Å². The van der Waals surface area contributed by atoms with E-state index < -0.39 is 10.0 Å². The zero-order chi connectivity index (χ0) is 23.6. The van der Waals surface area contributed by atoms with Gasteiger partial charge >= 0.3 is 0 Å². The van der Waals surface area contributed by atoms with Crippen LogP contribution in [0.4, 0.5) is 11.4 Å². The van der Waals surface area contributed by atoms with Crippen LogP contribution in [0.5, 0.6) is 0 Å². The summed E-state index contributed by atoms with van der Waals surface area (Å²) in [6.07, 6.45) is 0. The van der Waals surface area contributed by atoms with Gasteiger partial charge in [0, 0.05) is 37.4 Å². The minimum Gasteiger partial charge on any atom is -0.368 e. The van der Waals surface area contributed by atoms with Crippen LogP contribution in [0.25, 0.3) is 0 Å². The van der Waals surface area contributed by atoms with Crippen LogP contribution in [-0.2, 0) is 10.0 Å². The number of hydrogen-bond acceptors (Lipinski definition) is 4. The SMILES string of the molecule is Cc1ccc(C(=O)N2CCN(c3cccc(C)c3C)CC2)cc1NS(=O)(=O)c1ccccc1. The predicted octanol–water partition coefficient (Wildman–Crippen LogP) is 4.38. The van der Waals surface area contributed by atoms with Crippen molar-refractivity contribution in [1.82, 2.24) is 4.90 Å². The van der Waals surface area contributed by atoms with E-state index in [1.807, 2.05) is 11.8 Å². The van der Waals surface area contributed by atoms with E-state index in [4.69, 9.17) is 0 Å². The number of sulfonamides is 1. The Labute approximate surface area is 195 Å². The van der Waals surface area contributed by atoms with Gasteiger partial charge in [-0.3, -0.25) is 9.52 Å². The number of amides is 1. The summed E-state index contributed by atoms with van der Waals surface area (Å²) < 4.78 is 28.1. The smallest absolute Gasteiger partial charge is 0.261 e. The standard InChI is InChI=1S/C26H29N3O3S/c1-19-8-7-11-25(21(19)3)28-14-16-29(17-15-28)26(30)22-13-12-20(2)24(18-22)27-33(31,32)23-9-5-4-6-10-23/h4-13,18,27H,14-17H2,1-3H3. The Balaban J connectivity index is 1.48. The van der Waals surface area contributed by atoms with Gasteiger partial charge in [-0.25, -0.2) is 8.42 Å². The number of nitrogens with zero attached hydrogens (tertiary/aromatic N) is 2. The van der Waals surface area contributed by atoms with Gasteiger partial charge < -0.3 is 9.80 Å². The first-order valence-electron chi connectivity index (χ1n) is 11.1. The van der Waals surface area contributed by atoms with Crippen LogP contribution < -0.4 is 9.62 Å². The summed E-state index contributed by atoms with van der Waals surface area (Å²) in [7, 11) is -3.73. The first-order valence-corrected chi connectivity index (χ1v) is 12.5. The molecule has 1 saturated heterocycles. The van der Waals surface area contributed by atoms with Crippen LogP contribution in [0.2, 0.25) is 0 Å². The first kappa shape index (κ1) is 22.9. The lowest BCUT2D eigenvalue weighted by atomic mass is 10.1. The Morgan fingerprint density at radius 1 is 0.818 bits per heavy atom. The van der Waals surface area contributed by atoms with Crippen molar-refractivity contribution in [2.45, 2.75) is 25.7 Å². The van der Waals surface area contributed by atoms with Gasteiger partial charge in [0.25, 0.3) is 15.9 Å². The molecule has 172 valence electrons. The molecule has 0 atom stereocenters. The van der Waals surface area contributed by atoms with Crippen LogP contribution in [0.3, 0.4) is 0 Å². The lowest BCUT2D eigenvalue weighted by Gasteiger charge is -2.37. The third kappa shape index (κ3) is 4.88. The van der Waals surface area contributed by atoms with Crippen molar-refractivity contribution < 1.29 is 13.2 Å². The molecule has 0 aromatic heterocycles. The molecule has 3 aromatic carbocycles. The van der Waals surface area contributed by atoms with Gasteiger partial charge in [0.05, 0.1) is 10.6 Å². The highest BCUT2D eigenvalue weighted by Crippen LogP contribution is 2.25. The molecule has 0 spiro atoms. The van der Waals surface area contributed by atoms with Gasteiger partial charge in [-0.15, -0.1) is 0 Å². The normalized spacial score (nSPS) is 14.3. The van der Waals surface area contributed by atoms with Gasteiger partial charge in [0.2, 0.25) is 0 Å². The summed E-state index contributed by atoms with van der Waals surface area (Å²) in [5.74, 6) is -0.0872. The van der Waals surface area contributed by atoms with E-state index in [9.17, 15) is 13.2 Å². The van der Waals surface area contributed by atoms with Gasteiger partial charge in [0.1, 0.15) is 0 Å². The maximum Gasteiger partial charge on any atom is 0.261 e. The summed E-state index contributed by atoms with van der Waals surface area (Å²) in [4.78, 5) is 17.5. The molecule has 1 heterocycles. The van der Waals surface area contributed by atoms with Gasteiger partial charge in [-0.1, -0.05) is 36.4 Å². The summed E-state index contributed by atoms with van der Waals surface area (Å²) in [5, 5.41) is 0. The Hall–Kier alpha value is -3.32. The van der Waals surface area contributed by atoms with Crippen molar-refractivity contribution in [2.24, 2.45) is 0 Å². The van der Waals surface area contributed by atoms with Crippen LogP contribution >= 0.6 is 0 Å². The molecule has 33 heavy (non-hydrogen) atoms. The molecular weight excluding hydrogens is 434 g/mol. The fourth-order valence-electron chi connectivity index (χ4n) is 4.08. The Kier molecular flexibility index (Phi) is 6.42. The second kappa shape index (κ2) is 9.27. The maximum absolute atomic E-state index is 13.2. The molecule has 6 nitrogen and oxygen atoms in total. The van der Waals surface area contributed by atoms with E-state index in [0.717, 1.165) is 18.7 Å². The quantitative estimate of drug-likeness (QED) is 0.610. The fourth-order valence-corrected chi connectivity index (χ4v) is 5.22. The van der Waals surface area contributed by atoms with Crippen LogP contribution in [0, 0.1) is 20.8 Å². The first-order chi connectivity index (χ1) is 15.8. The van der Waals surface area contributed by atoms with Crippen molar-refractivity contribution in [3.05, 3.63) is 89.0 Å². The minimum absolute atomic E-state index is 0.0872. The van der Waals surface area contributed by atoms with E-state index >= 15 is 0 Å². The van der Waals surface area contributed by atoms with E-state index in [-0.39, 0.29) is 10.8 Å². The number of piperazine rings is 1. The van der Waals surface area contributed by atoms with Gasteiger partial charge in [-0.05, 0) is 67.8 Å². The molecular formula is C26H29N3O3S. The highest BCUT2D eigenvalue weighted by Gasteiger charge is 2.24. The van der Waals surface area contributed by atoms with Crippen LogP contribution in [0.15, 0.2) is 71.6 Å². The molecule has 0 radical (unpaired) electrons. The highest BCUT2D eigenvalue weighted by atomic mass is 32.2. The fraction of sp³-hybridized carbons (Fsp3) is 0.269. The number of benzene rings is 3. The Morgan fingerprint density at radius 3 is 2.21 bits per heavy atom. The average Bonchev–Trinajstić information content (AvgIpc) is 2.82. The number of hydrogen-bond donors (Lipinski definition) is 1. The second-order valence-corrected chi connectivity index (χ2v) is 10.1. The summed E-state index contributed by atoms with van der Waals surface area (Å²) in [6, 6.07) is 19.7. The second-order valence-electron chi connectivity index (χ2n) is 8.45. The molecule has 0 saturated carbocycles. The molecule has 1 fully saturated rings. The molecule has 1 amide bonds. The van der Waals surface area contributed by atoms with Crippen LogP contribution in [0.1, 0.15) is 27.0 Å².